The van der Waals surface area contributed by atoms with Gasteiger partial charge in [-0.05, 0) is 37.0 Å². The number of likely N-dealkylation sites (tertiary alicyclic amines) is 1. The number of nitrogens with zero attached hydrogens (tertiary/aromatic N) is 3. The highest BCUT2D eigenvalue weighted by atomic mass is 16.2. The van der Waals surface area contributed by atoms with Crippen molar-refractivity contribution in [2.45, 2.75) is 32.1 Å². The van der Waals surface area contributed by atoms with E-state index in [1.165, 1.54) is 24.1 Å². The zero-order valence-corrected chi connectivity index (χ0v) is 13.9. The molecule has 1 fully saturated rings. The maximum Gasteiger partial charge on any atom is 0.255 e. The molecule has 4 rings (SSSR count). The van der Waals surface area contributed by atoms with Gasteiger partial charge in [-0.15, -0.1) is 0 Å². The number of para-hydroxylation sites is 1. The SMILES string of the molecule is O=C(c1cncc(N2CCc3ccccc32)c1)N1CCCCCC1. The summed E-state index contributed by atoms with van der Waals surface area (Å²) in [6.45, 7) is 2.69. The first-order valence-corrected chi connectivity index (χ1v) is 8.93. The van der Waals surface area contributed by atoms with Crippen LogP contribution in [0.4, 0.5) is 11.4 Å². The molecule has 124 valence electrons. The Bertz CT molecular complexity index is 735. The van der Waals surface area contributed by atoms with Gasteiger partial charge in [0.15, 0.2) is 0 Å². The summed E-state index contributed by atoms with van der Waals surface area (Å²) in [4.78, 5) is 21.4. The van der Waals surface area contributed by atoms with E-state index in [2.05, 4.69) is 34.1 Å². The number of rotatable bonds is 2. The van der Waals surface area contributed by atoms with Crippen LogP contribution in [0, 0.1) is 0 Å². The summed E-state index contributed by atoms with van der Waals surface area (Å²) in [6.07, 6.45) is 9.29. The molecule has 2 aliphatic rings. The Morgan fingerprint density at radius 2 is 1.75 bits per heavy atom. The Morgan fingerprint density at radius 1 is 0.958 bits per heavy atom. The van der Waals surface area contributed by atoms with Crippen LogP contribution in [-0.4, -0.2) is 35.4 Å². The average molecular weight is 321 g/mol. The number of hydrogen-bond donors (Lipinski definition) is 0. The van der Waals surface area contributed by atoms with Crippen molar-refractivity contribution in [1.29, 1.82) is 0 Å². The van der Waals surface area contributed by atoms with Crippen LogP contribution in [0.25, 0.3) is 0 Å². The number of hydrogen-bond acceptors (Lipinski definition) is 3. The summed E-state index contributed by atoms with van der Waals surface area (Å²) >= 11 is 0. The Labute approximate surface area is 143 Å². The standard InChI is InChI=1S/C20H23N3O/c24-20(22-10-5-1-2-6-11-22)17-13-18(15-21-14-17)23-12-9-16-7-3-4-8-19(16)23/h3-4,7-8,13-15H,1-2,5-6,9-12H2. The van der Waals surface area contributed by atoms with Crippen LogP contribution in [0.3, 0.4) is 0 Å². The number of benzene rings is 1. The van der Waals surface area contributed by atoms with Gasteiger partial charge in [0.1, 0.15) is 0 Å². The van der Waals surface area contributed by atoms with Gasteiger partial charge in [0.2, 0.25) is 0 Å². The molecule has 1 saturated heterocycles. The Morgan fingerprint density at radius 3 is 2.58 bits per heavy atom. The van der Waals surface area contributed by atoms with Gasteiger partial charge in [0, 0.05) is 31.5 Å². The predicted molar refractivity (Wildman–Crippen MR) is 95.8 cm³/mol. The molecule has 0 N–H and O–H groups in total. The molecule has 0 aliphatic carbocycles. The Balaban J connectivity index is 1.59. The van der Waals surface area contributed by atoms with E-state index in [9.17, 15) is 4.79 Å². The van der Waals surface area contributed by atoms with Crippen LogP contribution in [0.15, 0.2) is 42.7 Å². The lowest BCUT2D eigenvalue weighted by Crippen LogP contribution is -2.32. The van der Waals surface area contributed by atoms with Gasteiger partial charge in [-0.25, -0.2) is 0 Å². The van der Waals surface area contributed by atoms with Gasteiger partial charge in [-0.3, -0.25) is 9.78 Å². The largest absolute Gasteiger partial charge is 0.340 e. The number of anilines is 2. The maximum absolute atomic E-state index is 12.8. The first-order valence-electron chi connectivity index (χ1n) is 8.93. The zero-order chi connectivity index (χ0) is 16.4. The van der Waals surface area contributed by atoms with Gasteiger partial charge in [-0.2, -0.15) is 0 Å². The molecule has 0 spiro atoms. The molecule has 1 amide bonds. The number of aromatic nitrogens is 1. The summed E-state index contributed by atoms with van der Waals surface area (Å²) in [7, 11) is 0. The predicted octanol–water partition coefficient (Wildman–Crippen LogP) is 3.79. The summed E-state index contributed by atoms with van der Waals surface area (Å²) in [5.74, 6) is 0.124. The molecule has 2 aliphatic heterocycles. The van der Waals surface area contributed by atoms with Crippen LogP contribution < -0.4 is 4.90 Å². The highest BCUT2D eigenvalue weighted by Gasteiger charge is 2.22. The van der Waals surface area contributed by atoms with Crippen LogP contribution in [-0.2, 0) is 6.42 Å². The summed E-state index contributed by atoms with van der Waals surface area (Å²) in [6, 6.07) is 10.5. The van der Waals surface area contributed by atoms with E-state index in [1.54, 1.807) is 6.20 Å². The van der Waals surface area contributed by atoms with Crippen LogP contribution in [0.2, 0.25) is 0 Å². The van der Waals surface area contributed by atoms with E-state index in [0.29, 0.717) is 5.56 Å². The molecule has 0 radical (unpaired) electrons. The molecule has 4 heteroatoms. The summed E-state index contributed by atoms with van der Waals surface area (Å²) < 4.78 is 0. The fourth-order valence-corrected chi connectivity index (χ4v) is 3.76. The van der Waals surface area contributed by atoms with Crippen molar-refractivity contribution < 1.29 is 4.79 Å². The number of carbonyl (C=O) groups excluding carboxylic acids is 1. The van der Waals surface area contributed by atoms with Crippen LogP contribution >= 0.6 is 0 Å². The monoisotopic (exact) mass is 321 g/mol. The molecular formula is C20H23N3O. The maximum atomic E-state index is 12.8. The fourth-order valence-electron chi connectivity index (χ4n) is 3.76. The van der Waals surface area contributed by atoms with Crippen molar-refractivity contribution in [3.05, 3.63) is 53.9 Å². The Hall–Kier alpha value is -2.36. The topological polar surface area (TPSA) is 36.4 Å². The smallest absolute Gasteiger partial charge is 0.255 e. The van der Waals surface area contributed by atoms with E-state index in [1.807, 2.05) is 17.2 Å². The third kappa shape index (κ3) is 2.88. The van der Waals surface area contributed by atoms with Crippen molar-refractivity contribution >= 4 is 17.3 Å². The Kier molecular flexibility index (Phi) is 4.20. The molecule has 1 aromatic heterocycles. The van der Waals surface area contributed by atoms with Crippen molar-refractivity contribution in [3.63, 3.8) is 0 Å². The number of fused-ring (bicyclic) bond motifs is 1. The molecular weight excluding hydrogens is 298 g/mol. The second-order valence-electron chi connectivity index (χ2n) is 6.67. The van der Waals surface area contributed by atoms with E-state index < -0.39 is 0 Å². The van der Waals surface area contributed by atoms with Gasteiger partial charge in [0.25, 0.3) is 5.91 Å². The minimum absolute atomic E-state index is 0.124. The lowest BCUT2D eigenvalue weighted by molar-refractivity contribution is 0.0761. The van der Waals surface area contributed by atoms with Gasteiger partial charge in [0.05, 0.1) is 17.4 Å². The molecule has 4 nitrogen and oxygen atoms in total. The number of carbonyl (C=O) groups is 1. The summed E-state index contributed by atoms with van der Waals surface area (Å²) in [5, 5.41) is 0. The molecule has 0 atom stereocenters. The molecule has 0 unspecified atom stereocenters. The van der Waals surface area contributed by atoms with E-state index in [0.717, 1.165) is 44.6 Å². The molecule has 0 bridgehead atoms. The van der Waals surface area contributed by atoms with Crippen LogP contribution in [0.1, 0.15) is 41.6 Å². The number of amides is 1. The molecule has 3 heterocycles. The summed E-state index contributed by atoms with van der Waals surface area (Å²) in [5.41, 5.74) is 4.32. The fraction of sp³-hybridized carbons (Fsp3) is 0.400. The lowest BCUT2D eigenvalue weighted by Gasteiger charge is -2.22. The molecule has 1 aromatic carbocycles. The third-order valence-electron chi connectivity index (χ3n) is 5.06. The lowest BCUT2D eigenvalue weighted by atomic mass is 10.2. The second kappa shape index (κ2) is 6.63. The van der Waals surface area contributed by atoms with Crippen LogP contribution in [0.5, 0.6) is 0 Å². The minimum atomic E-state index is 0.124. The van der Waals surface area contributed by atoms with Gasteiger partial charge in [-0.1, -0.05) is 31.0 Å². The zero-order valence-electron chi connectivity index (χ0n) is 13.9. The molecule has 0 saturated carbocycles. The van der Waals surface area contributed by atoms with E-state index in [4.69, 9.17) is 0 Å². The number of pyridine rings is 1. The average Bonchev–Trinajstić information content (AvgIpc) is 2.87. The first kappa shape index (κ1) is 15.2. The van der Waals surface area contributed by atoms with E-state index in [-0.39, 0.29) is 5.91 Å². The van der Waals surface area contributed by atoms with Crippen molar-refractivity contribution in [3.8, 4) is 0 Å². The molecule has 2 aromatic rings. The minimum Gasteiger partial charge on any atom is -0.340 e. The highest BCUT2D eigenvalue weighted by Crippen LogP contribution is 2.34. The van der Waals surface area contributed by atoms with Crippen molar-refractivity contribution in [2.75, 3.05) is 24.5 Å². The van der Waals surface area contributed by atoms with E-state index >= 15 is 0 Å². The van der Waals surface area contributed by atoms with Gasteiger partial charge >= 0.3 is 0 Å². The third-order valence-corrected chi connectivity index (χ3v) is 5.06. The quantitative estimate of drug-likeness (QED) is 0.844. The molecule has 24 heavy (non-hydrogen) atoms. The van der Waals surface area contributed by atoms with Crippen molar-refractivity contribution in [1.82, 2.24) is 9.88 Å². The van der Waals surface area contributed by atoms with Gasteiger partial charge < -0.3 is 9.80 Å². The first-order chi connectivity index (χ1) is 11.8. The van der Waals surface area contributed by atoms with Crippen molar-refractivity contribution in [2.24, 2.45) is 0 Å². The second-order valence-corrected chi connectivity index (χ2v) is 6.67. The normalized spacial score (nSPS) is 17.5. The highest BCUT2D eigenvalue weighted by molar-refractivity contribution is 5.95.